The largest absolute Gasteiger partial charge is 0.384 e. The minimum absolute atomic E-state index is 0.140. The third-order valence-corrected chi connectivity index (χ3v) is 4.37. The van der Waals surface area contributed by atoms with E-state index in [-0.39, 0.29) is 5.00 Å². The average molecular weight is 298 g/mol. The van der Waals surface area contributed by atoms with Gasteiger partial charge in [-0.2, -0.15) is 11.3 Å². The fourth-order valence-corrected chi connectivity index (χ4v) is 3.19. The summed E-state index contributed by atoms with van der Waals surface area (Å²) in [6, 6.07) is 3.44. The van der Waals surface area contributed by atoms with Crippen molar-refractivity contribution < 1.29 is 10.0 Å². The van der Waals surface area contributed by atoms with Crippen LogP contribution in [0.5, 0.6) is 0 Å². The van der Waals surface area contributed by atoms with Crippen LogP contribution in [-0.2, 0) is 12.1 Å². The Hall–Kier alpha value is -1.28. The highest BCUT2D eigenvalue weighted by Gasteiger charge is 2.22. The fourth-order valence-electron chi connectivity index (χ4n) is 1.67. The van der Waals surface area contributed by atoms with Crippen LogP contribution < -0.4 is 5.32 Å². The number of thiophene rings is 2. The smallest absolute Gasteiger partial charge is 0.324 e. The molecule has 0 spiro atoms. The zero-order valence-electron chi connectivity index (χ0n) is 10.3. The van der Waals surface area contributed by atoms with Crippen molar-refractivity contribution in [3.8, 4) is 0 Å². The van der Waals surface area contributed by atoms with Gasteiger partial charge in [0, 0.05) is 24.5 Å². The van der Waals surface area contributed by atoms with Crippen molar-refractivity contribution in [1.82, 2.24) is 5.32 Å². The number of aliphatic hydroxyl groups is 1. The molecule has 5 nitrogen and oxygen atoms in total. The molecule has 0 bridgehead atoms. The van der Waals surface area contributed by atoms with Crippen molar-refractivity contribution in [2.45, 2.75) is 19.1 Å². The molecule has 0 fully saturated rings. The van der Waals surface area contributed by atoms with Crippen LogP contribution in [0.1, 0.15) is 18.1 Å². The SMILES string of the molecule is CC(O)(CNCc1csc([N+](=O)[O-])c1)c1ccsc1. The summed E-state index contributed by atoms with van der Waals surface area (Å²) < 4.78 is 0. The maximum absolute atomic E-state index is 10.6. The zero-order chi connectivity index (χ0) is 13.9. The van der Waals surface area contributed by atoms with Crippen LogP contribution in [0.2, 0.25) is 0 Å². The molecule has 2 heterocycles. The molecule has 19 heavy (non-hydrogen) atoms. The Morgan fingerprint density at radius 2 is 2.32 bits per heavy atom. The Balaban J connectivity index is 1.87. The predicted octanol–water partition coefficient (Wildman–Crippen LogP) is 2.72. The first-order valence-corrected chi connectivity index (χ1v) is 7.49. The molecule has 0 radical (unpaired) electrons. The van der Waals surface area contributed by atoms with Crippen LogP contribution in [0, 0.1) is 10.1 Å². The Morgan fingerprint density at radius 1 is 1.53 bits per heavy atom. The highest BCUT2D eigenvalue weighted by molar-refractivity contribution is 7.13. The van der Waals surface area contributed by atoms with E-state index in [9.17, 15) is 15.2 Å². The number of hydrogen-bond acceptors (Lipinski definition) is 6. The van der Waals surface area contributed by atoms with Crippen molar-refractivity contribution in [3.63, 3.8) is 0 Å². The molecule has 0 saturated carbocycles. The molecule has 2 N–H and O–H groups in total. The molecule has 0 amide bonds. The van der Waals surface area contributed by atoms with Crippen LogP contribution in [0.3, 0.4) is 0 Å². The van der Waals surface area contributed by atoms with Gasteiger partial charge in [-0.3, -0.25) is 10.1 Å². The van der Waals surface area contributed by atoms with E-state index in [1.807, 2.05) is 16.8 Å². The lowest BCUT2D eigenvalue weighted by Gasteiger charge is -2.22. The quantitative estimate of drug-likeness (QED) is 0.635. The fraction of sp³-hybridized carbons (Fsp3) is 0.333. The number of hydrogen-bond donors (Lipinski definition) is 2. The normalized spacial score (nSPS) is 14.2. The highest BCUT2D eigenvalue weighted by Crippen LogP contribution is 2.24. The summed E-state index contributed by atoms with van der Waals surface area (Å²) in [5.74, 6) is 0. The molecule has 2 aromatic rings. The summed E-state index contributed by atoms with van der Waals surface area (Å²) in [5.41, 5.74) is 0.807. The van der Waals surface area contributed by atoms with Gasteiger partial charge in [0.1, 0.15) is 0 Å². The summed E-state index contributed by atoms with van der Waals surface area (Å²) >= 11 is 2.66. The first-order chi connectivity index (χ1) is 8.99. The van der Waals surface area contributed by atoms with E-state index in [1.165, 1.54) is 0 Å². The van der Waals surface area contributed by atoms with Gasteiger partial charge in [-0.25, -0.2) is 0 Å². The first-order valence-electron chi connectivity index (χ1n) is 5.66. The third-order valence-electron chi connectivity index (χ3n) is 2.76. The first kappa shape index (κ1) is 14.1. The van der Waals surface area contributed by atoms with Crippen LogP contribution in [0.25, 0.3) is 0 Å². The van der Waals surface area contributed by atoms with Gasteiger partial charge in [-0.1, -0.05) is 11.3 Å². The van der Waals surface area contributed by atoms with Crippen molar-refractivity contribution in [2.75, 3.05) is 6.54 Å². The lowest BCUT2D eigenvalue weighted by molar-refractivity contribution is -0.380. The number of nitrogens with zero attached hydrogens (tertiary/aromatic N) is 1. The molecule has 102 valence electrons. The van der Waals surface area contributed by atoms with E-state index in [2.05, 4.69) is 5.32 Å². The average Bonchev–Trinajstić information content (AvgIpc) is 3.00. The number of nitrogens with one attached hydrogen (secondary N) is 1. The second kappa shape index (κ2) is 5.79. The molecule has 0 saturated heterocycles. The molecular weight excluding hydrogens is 284 g/mol. The summed E-state index contributed by atoms with van der Waals surface area (Å²) in [7, 11) is 0. The summed E-state index contributed by atoms with van der Waals surface area (Å²) in [6.45, 7) is 2.65. The van der Waals surface area contributed by atoms with Gasteiger partial charge in [0.2, 0.25) is 0 Å². The molecule has 1 unspecified atom stereocenters. The molecule has 0 aliphatic heterocycles. The van der Waals surface area contributed by atoms with Crippen LogP contribution in [0.15, 0.2) is 28.3 Å². The molecular formula is C12H14N2O3S2. The molecule has 0 aromatic carbocycles. The van der Waals surface area contributed by atoms with E-state index < -0.39 is 10.5 Å². The van der Waals surface area contributed by atoms with Crippen LogP contribution in [0.4, 0.5) is 5.00 Å². The lowest BCUT2D eigenvalue weighted by atomic mass is 9.99. The van der Waals surface area contributed by atoms with E-state index >= 15 is 0 Å². The minimum Gasteiger partial charge on any atom is -0.384 e. The molecule has 0 aliphatic carbocycles. The Bertz CT molecular complexity index is 549. The van der Waals surface area contributed by atoms with Crippen molar-refractivity contribution in [2.24, 2.45) is 0 Å². The summed E-state index contributed by atoms with van der Waals surface area (Å²) in [4.78, 5) is 10.2. The maximum atomic E-state index is 10.6. The third kappa shape index (κ3) is 3.60. The molecule has 1 atom stereocenters. The van der Waals surface area contributed by atoms with E-state index in [0.29, 0.717) is 13.1 Å². The van der Waals surface area contributed by atoms with Gasteiger partial charge in [-0.15, -0.1) is 0 Å². The predicted molar refractivity (Wildman–Crippen MR) is 76.6 cm³/mol. The zero-order valence-corrected chi connectivity index (χ0v) is 12.0. The molecule has 0 aliphatic rings. The molecule has 2 rings (SSSR count). The molecule has 7 heteroatoms. The second-order valence-corrected chi connectivity index (χ2v) is 6.11. The second-order valence-electron chi connectivity index (χ2n) is 4.44. The van der Waals surface area contributed by atoms with Gasteiger partial charge in [0.25, 0.3) is 0 Å². The standard InChI is InChI=1S/C12H14N2O3S2/c1-12(15,10-2-3-18-7-10)8-13-5-9-4-11(14(16)17)19-6-9/h2-4,6-7,13,15H,5,8H2,1H3. The van der Waals surface area contributed by atoms with Gasteiger partial charge < -0.3 is 10.4 Å². The summed E-state index contributed by atoms with van der Waals surface area (Å²) in [5, 5.41) is 29.7. The lowest BCUT2D eigenvalue weighted by Crippen LogP contribution is -2.34. The minimum atomic E-state index is -0.929. The van der Waals surface area contributed by atoms with Crippen molar-refractivity contribution in [3.05, 3.63) is 49.5 Å². The Labute approximate surface area is 118 Å². The topological polar surface area (TPSA) is 75.4 Å². The van der Waals surface area contributed by atoms with Gasteiger partial charge in [0.05, 0.1) is 10.5 Å². The van der Waals surface area contributed by atoms with Gasteiger partial charge >= 0.3 is 5.00 Å². The monoisotopic (exact) mass is 298 g/mol. The van der Waals surface area contributed by atoms with E-state index in [4.69, 9.17) is 0 Å². The molecule has 2 aromatic heterocycles. The number of rotatable bonds is 6. The Morgan fingerprint density at radius 3 is 2.89 bits per heavy atom. The summed E-state index contributed by atoms with van der Waals surface area (Å²) in [6.07, 6.45) is 0. The van der Waals surface area contributed by atoms with E-state index in [1.54, 1.807) is 29.7 Å². The van der Waals surface area contributed by atoms with Crippen molar-refractivity contribution >= 4 is 27.7 Å². The van der Waals surface area contributed by atoms with Crippen LogP contribution >= 0.6 is 22.7 Å². The van der Waals surface area contributed by atoms with Crippen molar-refractivity contribution in [1.29, 1.82) is 0 Å². The number of nitro groups is 1. The maximum Gasteiger partial charge on any atom is 0.324 e. The van der Waals surface area contributed by atoms with E-state index in [0.717, 1.165) is 22.5 Å². The van der Waals surface area contributed by atoms with Crippen LogP contribution in [-0.4, -0.2) is 16.6 Å². The highest BCUT2D eigenvalue weighted by atomic mass is 32.1. The van der Waals surface area contributed by atoms with Gasteiger partial charge in [-0.05, 0) is 34.9 Å². The Kier molecular flexibility index (Phi) is 4.31. The van der Waals surface area contributed by atoms with Gasteiger partial charge in [0.15, 0.2) is 0 Å².